The van der Waals surface area contributed by atoms with Gasteiger partial charge in [-0.05, 0) is 12.9 Å². The van der Waals surface area contributed by atoms with E-state index in [2.05, 4.69) is 118 Å². The maximum atomic E-state index is 11.8. The second-order valence-electron chi connectivity index (χ2n) is 5.52. The van der Waals surface area contributed by atoms with Crippen LogP contribution in [0.3, 0.4) is 0 Å². The van der Waals surface area contributed by atoms with E-state index in [9.17, 15) is 14.4 Å². The number of hydrogen-bond acceptors (Lipinski definition) is 6. The third kappa shape index (κ3) is 42.4. The van der Waals surface area contributed by atoms with Crippen molar-refractivity contribution >= 4 is 117 Å². The Kier molecular flexibility index (Phi) is 89.3. The smallest absolute Gasteiger partial charge is 0.148 e. The molecule has 0 spiro atoms. The fraction of sp³-hybridized carbons (Fsp3) is 0.276. The molecular weight excluding hydrogens is 1380 g/mol. The molecule has 3 rings (SSSR count). The molecule has 3 aromatic rings. The molecule has 43 heavy (non-hydrogen) atoms. The molecule has 0 aliphatic carbocycles. The van der Waals surface area contributed by atoms with Gasteiger partial charge in [0.15, 0.2) is 0 Å². The number of benzene rings is 3. The van der Waals surface area contributed by atoms with Crippen LogP contribution in [0.4, 0.5) is 0 Å². The van der Waals surface area contributed by atoms with E-state index in [0.717, 1.165) is 0 Å². The minimum absolute atomic E-state index is 0. The third-order valence-electron chi connectivity index (χ3n) is 3.59. The summed E-state index contributed by atoms with van der Waals surface area (Å²) in [5.74, 6) is -0.0182. The first-order valence-corrected chi connectivity index (χ1v) is 31.7. The minimum atomic E-state index is -0.170. The Balaban J connectivity index is -0.0000000681. The molecule has 0 aromatic heterocycles. The average Bonchev–Trinajstić information content (AvgIpc) is 3.07. The van der Waals surface area contributed by atoms with Crippen LogP contribution in [0.5, 0.6) is 0 Å². The zero-order valence-electron chi connectivity index (χ0n) is 25.0. The van der Waals surface area contributed by atoms with Crippen molar-refractivity contribution < 1.29 is 130 Å². The molecule has 14 heteroatoms. The van der Waals surface area contributed by atoms with Gasteiger partial charge in [-0.3, -0.25) is 14.4 Å². The molecule has 0 bridgehead atoms. The summed E-state index contributed by atoms with van der Waals surface area (Å²) < 4.78 is 6.69. The van der Waals surface area contributed by atoms with E-state index in [-0.39, 0.29) is 128 Å². The van der Waals surface area contributed by atoms with Crippen molar-refractivity contribution in [3.05, 3.63) is 108 Å². The first-order chi connectivity index (χ1) is 19.5. The average molecular weight is 1410 g/mol. The summed E-state index contributed by atoms with van der Waals surface area (Å²) in [5.41, 5.74) is 1.79. The van der Waals surface area contributed by atoms with Gasteiger partial charge in [-0.25, -0.2) is 0 Å². The quantitative estimate of drug-likeness (QED) is 0.0581. The van der Waals surface area contributed by atoms with Gasteiger partial charge in [0.1, 0.15) is 17.3 Å². The Morgan fingerprint density at radius 3 is 0.977 bits per heavy atom. The van der Waals surface area contributed by atoms with E-state index in [0.29, 0.717) is 29.9 Å². The van der Waals surface area contributed by atoms with Gasteiger partial charge in [0.25, 0.3) is 0 Å². The Labute approximate surface area is 400 Å². The molecule has 0 heterocycles. The maximum absolute atomic E-state index is 11.8. The van der Waals surface area contributed by atoms with Crippen LogP contribution >= 0.6 is 100 Å². The van der Waals surface area contributed by atoms with E-state index < -0.39 is 0 Å². The molecule has 4 nitrogen and oxygen atoms in total. The van der Waals surface area contributed by atoms with E-state index in [1.54, 1.807) is 72.8 Å². The summed E-state index contributed by atoms with van der Waals surface area (Å²) in [6.45, 7) is 12.0. The number of ketones is 3. The van der Waals surface area contributed by atoms with E-state index in [4.69, 9.17) is 4.55 Å². The summed E-state index contributed by atoms with van der Waals surface area (Å²) in [6.07, 6.45) is -0.103. The monoisotopic (exact) mass is 1410 g/mol. The van der Waals surface area contributed by atoms with Crippen molar-refractivity contribution in [2.24, 2.45) is 0 Å². The maximum Gasteiger partial charge on any atom is 0.148 e. The molecule has 0 aliphatic heterocycles. The largest absolute Gasteiger partial charge is 0.333 e. The fourth-order valence-corrected chi connectivity index (χ4v) is 2.34. The standard InChI is InChI=1S/C15H10O2.C8H7OS.3C2H6.I3.I2.H2OS.3Y/c16-14(12-7-3-1-4-8-12)11-15(17)13-9-5-2-6-10-13;9-8(6-10)7-4-2-1-3-5-7;3*1-2;1-3-2;2*1-2;;;/h3-10H,11H2;2-5,10H,6H2;3*1-2H3;;;1-2H;;;/q-2;-1;;;;-1;;;;;. The van der Waals surface area contributed by atoms with Crippen molar-refractivity contribution in [3.63, 3.8) is 0 Å². The number of halogens is 5. The number of hydrogen-bond donors (Lipinski definition) is 3. The molecule has 237 valence electrons. The zero-order valence-corrected chi connectivity index (χ0v) is 46.1. The topological polar surface area (TPSA) is 71.4 Å². The summed E-state index contributed by atoms with van der Waals surface area (Å²) in [6, 6.07) is 28.7. The summed E-state index contributed by atoms with van der Waals surface area (Å²) in [4.78, 5) is 34.5. The van der Waals surface area contributed by atoms with Crippen molar-refractivity contribution in [3.8, 4) is 0 Å². The normalized spacial score (nSPS) is 7.28. The van der Waals surface area contributed by atoms with Gasteiger partial charge in [0.05, 0.1) is 12.2 Å². The van der Waals surface area contributed by atoms with Gasteiger partial charge in [-0.1, -0.05) is 58.2 Å². The first kappa shape index (κ1) is 65.6. The van der Waals surface area contributed by atoms with Crippen LogP contribution in [0.15, 0.2) is 72.8 Å². The van der Waals surface area contributed by atoms with E-state index >= 15 is 0 Å². The molecule has 0 atom stereocenters. The van der Waals surface area contributed by atoms with Gasteiger partial charge in [-0.2, -0.15) is 104 Å². The van der Waals surface area contributed by atoms with E-state index in [1.807, 2.05) is 41.5 Å². The molecule has 0 fully saturated rings. The van der Waals surface area contributed by atoms with Crippen LogP contribution in [0.2, 0.25) is 0 Å². The number of carbonyl (C=O) groups is 3. The van der Waals surface area contributed by atoms with Gasteiger partial charge in [0.2, 0.25) is 0 Å². The van der Waals surface area contributed by atoms with Gasteiger partial charge >= 0.3 is 50.5 Å². The van der Waals surface area contributed by atoms with Crippen LogP contribution in [0, 0.1) is 18.2 Å². The summed E-state index contributed by atoms with van der Waals surface area (Å²) >= 11 is 15.9. The van der Waals surface area contributed by atoms with Crippen LogP contribution < -0.4 is 13.3 Å². The van der Waals surface area contributed by atoms with Crippen molar-refractivity contribution in [2.45, 2.75) is 48.0 Å². The third-order valence-corrected chi connectivity index (χ3v) is 3.87. The Bertz CT molecular complexity index is 888. The molecule has 1 N–H and O–H groups in total. The SMILES string of the molecule is CC.CC.CC.II.I[I-]I.O=C(CC(=O)c1cc[c-]cc1)c1cc[c-]cc1.O=C(CS)c1cc[c-]cc1.OS.[Y].[Y].[Y]. The molecule has 0 unspecified atom stereocenters. The van der Waals surface area contributed by atoms with Crippen LogP contribution in [0.25, 0.3) is 0 Å². The molecule has 0 aliphatic rings. The van der Waals surface area contributed by atoms with Gasteiger partial charge in [-0.15, -0.1) is 0 Å². The van der Waals surface area contributed by atoms with E-state index in [1.165, 1.54) is 0 Å². The Morgan fingerprint density at radius 1 is 0.605 bits per heavy atom. The van der Waals surface area contributed by atoms with Crippen molar-refractivity contribution in [1.29, 1.82) is 0 Å². The molecule has 0 saturated heterocycles. The van der Waals surface area contributed by atoms with Gasteiger partial charge in [0, 0.05) is 135 Å². The summed E-state index contributed by atoms with van der Waals surface area (Å²) in [7, 11) is 0. The molecule has 0 amide bonds. The van der Waals surface area contributed by atoms with Crippen molar-refractivity contribution in [2.75, 3.05) is 5.75 Å². The first-order valence-electron chi connectivity index (χ1n) is 11.8. The van der Waals surface area contributed by atoms with Crippen LogP contribution in [-0.2, 0) is 98.1 Å². The minimum Gasteiger partial charge on any atom is -0.333 e. The number of thiol groups is 2. The molecule has 3 radical (unpaired) electrons. The second kappa shape index (κ2) is 58.5. The fourth-order valence-electron chi connectivity index (χ4n) is 2.16. The molecule has 3 aromatic carbocycles. The Morgan fingerprint density at radius 2 is 0.791 bits per heavy atom. The number of carbonyl (C=O) groups excluding carboxylic acids is 3. The van der Waals surface area contributed by atoms with Crippen molar-refractivity contribution in [1.82, 2.24) is 0 Å². The van der Waals surface area contributed by atoms with Crippen LogP contribution in [-0.4, -0.2) is 27.7 Å². The molecular formula is C29H37I5O4S2Y3-4. The molecule has 0 saturated carbocycles. The second-order valence-corrected chi connectivity index (χ2v) is 22.1. The zero-order chi connectivity index (χ0) is 32.2. The van der Waals surface area contributed by atoms with Crippen LogP contribution in [0.1, 0.15) is 79.0 Å². The predicted octanol–water partition coefficient (Wildman–Crippen LogP) is 8.35. The van der Waals surface area contributed by atoms with Gasteiger partial charge < -0.3 is 4.55 Å². The Hall–Kier alpha value is 4.29. The number of rotatable bonds is 6. The predicted molar refractivity (Wildman–Crippen MR) is 209 cm³/mol. The number of Topliss-reactive ketones (excluding diaryl/α,β-unsaturated/α-hetero) is 3. The summed E-state index contributed by atoms with van der Waals surface area (Å²) in [5, 5.41) is 0.